The van der Waals surface area contributed by atoms with Gasteiger partial charge in [-0.05, 0) is 95.7 Å². The number of nitrogens with zero attached hydrogens (tertiary/aromatic N) is 1. The molecule has 0 atom stereocenters. The standard InChI is InChI=1S/C30H36N2O/c1-2-25-8-3-4-10-29(25)33-22-24-18-27(26-9-5-7-23(17-26)21-31)20-28(19-24)32-15-13-30(14-16-32)11-6-12-30/h3-5,7-10,17-20H,2,6,11-16,21-22,31H2,1H3. The quantitative estimate of drug-likeness (QED) is 0.443. The van der Waals surface area contributed by atoms with Gasteiger partial charge in [-0.2, -0.15) is 0 Å². The minimum Gasteiger partial charge on any atom is -0.489 e. The maximum Gasteiger partial charge on any atom is 0.122 e. The molecule has 0 bridgehead atoms. The number of para-hydroxylation sites is 1. The summed E-state index contributed by atoms with van der Waals surface area (Å²) in [6.07, 6.45) is 7.92. The SMILES string of the molecule is CCc1ccccc1OCc1cc(-c2cccc(CN)c2)cc(N2CCC3(CCC3)CC2)c1. The lowest BCUT2D eigenvalue weighted by Crippen LogP contribution is -2.43. The van der Waals surface area contributed by atoms with Crippen molar-refractivity contribution in [1.82, 2.24) is 0 Å². The molecule has 1 heterocycles. The van der Waals surface area contributed by atoms with Crippen LogP contribution in [0.2, 0.25) is 0 Å². The molecule has 0 amide bonds. The first-order valence-corrected chi connectivity index (χ1v) is 12.6. The highest BCUT2D eigenvalue weighted by Gasteiger charge is 2.39. The van der Waals surface area contributed by atoms with Crippen LogP contribution in [0.4, 0.5) is 5.69 Å². The minimum atomic E-state index is 0.561. The average molecular weight is 441 g/mol. The van der Waals surface area contributed by atoms with Crippen LogP contribution in [-0.2, 0) is 19.6 Å². The molecule has 0 unspecified atom stereocenters. The highest BCUT2D eigenvalue weighted by molar-refractivity contribution is 5.70. The van der Waals surface area contributed by atoms with Gasteiger partial charge in [0.1, 0.15) is 12.4 Å². The van der Waals surface area contributed by atoms with Crippen LogP contribution in [0.5, 0.6) is 5.75 Å². The van der Waals surface area contributed by atoms with E-state index in [1.54, 1.807) is 0 Å². The summed E-state index contributed by atoms with van der Waals surface area (Å²) in [5.41, 5.74) is 14.0. The first-order valence-electron chi connectivity index (χ1n) is 12.6. The second-order valence-corrected chi connectivity index (χ2v) is 9.88. The molecule has 3 aromatic rings. The van der Waals surface area contributed by atoms with Gasteiger partial charge in [-0.1, -0.05) is 49.7 Å². The lowest BCUT2D eigenvalue weighted by molar-refractivity contribution is 0.0955. The Balaban J connectivity index is 1.43. The molecule has 172 valence electrons. The molecule has 2 N–H and O–H groups in total. The van der Waals surface area contributed by atoms with Crippen LogP contribution < -0.4 is 15.4 Å². The molecule has 0 aromatic heterocycles. The molecule has 1 saturated carbocycles. The highest BCUT2D eigenvalue weighted by Crippen LogP contribution is 2.49. The van der Waals surface area contributed by atoms with E-state index in [-0.39, 0.29) is 0 Å². The van der Waals surface area contributed by atoms with E-state index >= 15 is 0 Å². The van der Waals surface area contributed by atoms with E-state index in [1.807, 2.05) is 0 Å². The van der Waals surface area contributed by atoms with Crippen molar-refractivity contribution in [2.45, 2.75) is 58.6 Å². The number of anilines is 1. The first kappa shape index (κ1) is 22.0. The summed E-state index contributed by atoms with van der Waals surface area (Å²) < 4.78 is 6.31. The Morgan fingerprint density at radius 2 is 1.64 bits per heavy atom. The fourth-order valence-electron chi connectivity index (χ4n) is 5.50. The maximum atomic E-state index is 6.31. The van der Waals surface area contributed by atoms with Crippen LogP contribution in [0.25, 0.3) is 11.1 Å². The van der Waals surface area contributed by atoms with Gasteiger partial charge >= 0.3 is 0 Å². The lowest BCUT2D eigenvalue weighted by atomic mass is 9.63. The summed E-state index contributed by atoms with van der Waals surface area (Å²) in [5.74, 6) is 0.988. The summed E-state index contributed by atoms with van der Waals surface area (Å²) >= 11 is 0. The molecule has 2 fully saturated rings. The van der Waals surface area contributed by atoms with E-state index in [1.165, 1.54) is 60.0 Å². The Labute approximate surface area is 198 Å². The number of hydrogen-bond acceptors (Lipinski definition) is 3. The van der Waals surface area contributed by atoms with E-state index < -0.39 is 0 Å². The smallest absolute Gasteiger partial charge is 0.122 e. The van der Waals surface area contributed by atoms with Crippen molar-refractivity contribution in [3.05, 3.63) is 83.4 Å². The van der Waals surface area contributed by atoms with Gasteiger partial charge in [0.05, 0.1) is 0 Å². The fourth-order valence-corrected chi connectivity index (χ4v) is 5.50. The Morgan fingerprint density at radius 3 is 2.36 bits per heavy atom. The van der Waals surface area contributed by atoms with Crippen LogP contribution in [-0.4, -0.2) is 13.1 Å². The minimum absolute atomic E-state index is 0.561. The lowest BCUT2D eigenvalue weighted by Gasteiger charge is -2.48. The monoisotopic (exact) mass is 440 g/mol. The van der Waals surface area contributed by atoms with Crippen LogP contribution in [0.1, 0.15) is 55.7 Å². The second kappa shape index (κ2) is 9.61. The zero-order chi connectivity index (χ0) is 22.7. The number of aryl methyl sites for hydroxylation is 1. The molecule has 1 saturated heterocycles. The predicted octanol–water partition coefficient (Wildman–Crippen LogP) is 6.72. The number of piperidine rings is 1. The molecule has 1 aliphatic heterocycles. The van der Waals surface area contributed by atoms with Crippen LogP contribution in [0.15, 0.2) is 66.7 Å². The summed E-state index contributed by atoms with van der Waals surface area (Å²) in [6.45, 7) is 5.63. The van der Waals surface area contributed by atoms with Gasteiger partial charge in [-0.25, -0.2) is 0 Å². The zero-order valence-electron chi connectivity index (χ0n) is 19.9. The molecule has 2 aliphatic rings. The van der Waals surface area contributed by atoms with Crippen molar-refractivity contribution in [2.75, 3.05) is 18.0 Å². The maximum absolute atomic E-state index is 6.31. The van der Waals surface area contributed by atoms with Crippen molar-refractivity contribution in [1.29, 1.82) is 0 Å². The van der Waals surface area contributed by atoms with E-state index in [0.29, 0.717) is 18.6 Å². The average Bonchev–Trinajstić information content (AvgIpc) is 2.86. The van der Waals surface area contributed by atoms with Crippen LogP contribution in [0.3, 0.4) is 0 Å². The molecule has 3 nitrogen and oxygen atoms in total. The predicted molar refractivity (Wildman–Crippen MR) is 138 cm³/mol. The van der Waals surface area contributed by atoms with Gasteiger partial charge < -0.3 is 15.4 Å². The van der Waals surface area contributed by atoms with Gasteiger partial charge in [0, 0.05) is 25.3 Å². The van der Waals surface area contributed by atoms with Crippen molar-refractivity contribution < 1.29 is 4.74 Å². The molecular formula is C30H36N2O. The number of benzene rings is 3. The van der Waals surface area contributed by atoms with Crippen molar-refractivity contribution in [3.8, 4) is 16.9 Å². The molecule has 5 rings (SSSR count). The summed E-state index contributed by atoms with van der Waals surface area (Å²) in [4.78, 5) is 2.59. The van der Waals surface area contributed by atoms with Crippen molar-refractivity contribution in [2.24, 2.45) is 11.1 Å². The summed E-state index contributed by atoms with van der Waals surface area (Å²) in [7, 11) is 0. The number of rotatable bonds is 7. The van der Waals surface area contributed by atoms with Gasteiger partial charge in [0.15, 0.2) is 0 Å². The van der Waals surface area contributed by atoms with E-state index in [4.69, 9.17) is 10.5 Å². The molecular weight excluding hydrogens is 404 g/mol. The first-order chi connectivity index (χ1) is 16.2. The Bertz CT molecular complexity index is 1090. The van der Waals surface area contributed by atoms with E-state index in [2.05, 4.69) is 78.6 Å². The highest BCUT2D eigenvalue weighted by atomic mass is 16.5. The number of nitrogens with two attached hydrogens (primary N) is 1. The van der Waals surface area contributed by atoms with E-state index in [0.717, 1.165) is 30.8 Å². The van der Waals surface area contributed by atoms with Crippen molar-refractivity contribution >= 4 is 5.69 Å². The third-order valence-electron chi connectivity index (χ3n) is 7.82. The third-order valence-corrected chi connectivity index (χ3v) is 7.82. The van der Waals surface area contributed by atoms with Gasteiger partial charge in [-0.15, -0.1) is 0 Å². The third kappa shape index (κ3) is 4.79. The molecule has 33 heavy (non-hydrogen) atoms. The zero-order valence-corrected chi connectivity index (χ0v) is 19.9. The van der Waals surface area contributed by atoms with Gasteiger partial charge in [-0.3, -0.25) is 0 Å². The summed E-state index contributed by atoms with van der Waals surface area (Å²) in [5, 5.41) is 0. The molecule has 3 aromatic carbocycles. The number of ether oxygens (including phenoxy) is 1. The molecule has 0 radical (unpaired) electrons. The van der Waals surface area contributed by atoms with Gasteiger partial charge in [0.2, 0.25) is 0 Å². The fraction of sp³-hybridized carbons (Fsp3) is 0.400. The van der Waals surface area contributed by atoms with Crippen LogP contribution >= 0.6 is 0 Å². The molecule has 1 spiro atoms. The largest absolute Gasteiger partial charge is 0.489 e. The van der Waals surface area contributed by atoms with Crippen molar-refractivity contribution in [3.63, 3.8) is 0 Å². The molecule has 1 aliphatic carbocycles. The molecule has 3 heteroatoms. The number of hydrogen-bond donors (Lipinski definition) is 1. The summed E-state index contributed by atoms with van der Waals surface area (Å²) in [6, 6.07) is 24.0. The van der Waals surface area contributed by atoms with E-state index in [9.17, 15) is 0 Å². The Hall–Kier alpha value is -2.78. The van der Waals surface area contributed by atoms with Gasteiger partial charge in [0.25, 0.3) is 0 Å². The Morgan fingerprint density at radius 1 is 0.848 bits per heavy atom. The second-order valence-electron chi connectivity index (χ2n) is 9.88. The normalized spacial score (nSPS) is 17.1. The van der Waals surface area contributed by atoms with Crippen LogP contribution in [0, 0.1) is 5.41 Å². The topological polar surface area (TPSA) is 38.5 Å². The Kier molecular flexibility index (Phi) is 6.41.